The summed E-state index contributed by atoms with van der Waals surface area (Å²) in [5.74, 6) is -0.660. The van der Waals surface area contributed by atoms with Crippen LogP contribution in [0, 0.1) is 6.92 Å². The van der Waals surface area contributed by atoms with Crippen molar-refractivity contribution in [1.82, 2.24) is 15.0 Å². The van der Waals surface area contributed by atoms with Crippen molar-refractivity contribution < 1.29 is 9.53 Å². The molecule has 0 amide bonds. The molecule has 0 aliphatic rings. The molecule has 0 bridgehead atoms. The van der Waals surface area contributed by atoms with E-state index in [1.54, 1.807) is 0 Å². The Morgan fingerprint density at radius 2 is 1.89 bits per heavy atom. The molecule has 0 atom stereocenters. The van der Waals surface area contributed by atoms with Gasteiger partial charge in [0.25, 0.3) is 0 Å². The molecule has 0 aliphatic heterocycles. The molecule has 7 heteroatoms. The van der Waals surface area contributed by atoms with Crippen LogP contribution in [-0.4, -0.2) is 28.0 Å². The highest BCUT2D eigenvalue weighted by molar-refractivity contribution is 5.85. The summed E-state index contributed by atoms with van der Waals surface area (Å²) in [5, 5.41) is 2.94. The second kappa shape index (κ2) is 5.30. The Morgan fingerprint density at radius 1 is 1.21 bits per heavy atom. The van der Waals surface area contributed by atoms with Crippen LogP contribution in [0.1, 0.15) is 16.2 Å². The lowest BCUT2D eigenvalue weighted by atomic mass is 10.2. The number of ether oxygens (including phenoxy) is 1. The Morgan fingerprint density at radius 3 is 2.53 bits per heavy atom. The predicted molar refractivity (Wildman–Crippen MR) is 70.0 cm³/mol. The quantitative estimate of drug-likeness (QED) is 0.800. The van der Waals surface area contributed by atoms with Crippen molar-refractivity contribution in [3.05, 3.63) is 35.7 Å². The highest BCUT2D eigenvalue weighted by Crippen LogP contribution is 2.14. The van der Waals surface area contributed by atoms with Crippen molar-refractivity contribution in [3.8, 4) is 0 Å². The van der Waals surface area contributed by atoms with Crippen LogP contribution in [0.15, 0.2) is 24.3 Å². The van der Waals surface area contributed by atoms with Crippen LogP contribution < -0.4 is 11.1 Å². The van der Waals surface area contributed by atoms with Gasteiger partial charge in [0.2, 0.25) is 17.7 Å². The number of aromatic nitrogens is 3. The number of nitrogens with zero attached hydrogens (tertiary/aromatic N) is 3. The molecule has 3 N–H and O–H groups in total. The fraction of sp³-hybridized carbons (Fsp3) is 0.167. The Hall–Kier alpha value is -2.70. The largest absolute Gasteiger partial charge is 0.463 e. The number of esters is 1. The fourth-order valence-corrected chi connectivity index (χ4v) is 1.40. The van der Waals surface area contributed by atoms with Crippen molar-refractivity contribution >= 4 is 23.6 Å². The number of nitrogens with two attached hydrogens (primary N) is 1. The molecule has 19 heavy (non-hydrogen) atoms. The van der Waals surface area contributed by atoms with Crippen molar-refractivity contribution in [1.29, 1.82) is 0 Å². The van der Waals surface area contributed by atoms with Crippen molar-refractivity contribution in [2.75, 3.05) is 18.2 Å². The molecule has 7 nitrogen and oxygen atoms in total. The molecule has 0 radical (unpaired) electrons. The maximum atomic E-state index is 11.4. The number of hydrogen-bond donors (Lipinski definition) is 2. The lowest BCUT2D eigenvalue weighted by molar-refractivity contribution is 0.0586. The van der Waals surface area contributed by atoms with Crippen LogP contribution in [0.2, 0.25) is 0 Å². The third-order valence-corrected chi connectivity index (χ3v) is 2.33. The number of methoxy groups -OCH3 is 1. The van der Waals surface area contributed by atoms with E-state index in [4.69, 9.17) is 5.73 Å². The van der Waals surface area contributed by atoms with Gasteiger partial charge in [-0.3, -0.25) is 0 Å². The summed E-state index contributed by atoms with van der Waals surface area (Å²) in [7, 11) is 1.25. The number of aryl methyl sites for hydroxylation is 1. The molecule has 0 saturated heterocycles. The Balaban J connectivity index is 2.27. The van der Waals surface area contributed by atoms with E-state index in [1.165, 1.54) is 7.11 Å². The SMILES string of the molecule is COC(=O)c1nc(N)nc(Nc2ccc(C)cc2)n1. The van der Waals surface area contributed by atoms with Gasteiger partial charge in [-0.05, 0) is 19.1 Å². The molecule has 0 fully saturated rings. The summed E-state index contributed by atoms with van der Waals surface area (Å²) in [4.78, 5) is 22.9. The molecule has 2 aromatic rings. The summed E-state index contributed by atoms with van der Waals surface area (Å²) < 4.78 is 4.54. The summed E-state index contributed by atoms with van der Waals surface area (Å²) >= 11 is 0. The predicted octanol–water partition coefficient (Wildman–Crippen LogP) is 1.29. The van der Waals surface area contributed by atoms with E-state index in [2.05, 4.69) is 25.0 Å². The van der Waals surface area contributed by atoms with Crippen LogP contribution in [0.5, 0.6) is 0 Å². The molecule has 0 aliphatic carbocycles. The van der Waals surface area contributed by atoms with Gasteiger partial charge in [-0.15, -0.1) is 0 Å². The van der Waals surface area contributed by atoms with Gasteiger partial charge in [0.05, 0.1) is 7.11 Å². The topological polar surface area (TPSA) is 103 Å². The molecule has 98 valence electrons. The van der Waals surface area contributed by atoms with Crippen LogP contribution in [0.4, 0.5) is 17.6 Å². The number of nitrogen functional groups attached to an aromatic ring is 1. The first kappa shape index (κ1) is 12.7. The molecular weight excluding hydrogens is 246 g/mol. The third kappa shape index (κ3) is 3.15. The number of carbonyl (C=O) groups excluding carboxylic acids is 1. The first-order chi connectivity index (χ1) is 9.08. The minimum atomic E-state index is -0.666. The van der Waals surface area contributed by atoms with Crippen molar-refractivity contribution in [3.63, 3.8) is 0 Å². The molecule has 1 heterocycles. The van der Waals surface area contributed by atoms with Gasteiger partial charge in [-0.1, -0.05) is 17.7 Å². The van der Waals surface area contributed by atoms with Crippen LogP contribution in [0.25, 0.3) is 0 Å². The van der Waals surface area contributed by atoms with Crippen molar-refractivity contribution in [2.45, 2.75) is 6.92 Å². The molecule has 1 aromatic heterocycles. The smallest absolute Gasteiger partial charge is 0.376 e. The minimum absolute atomic E-state index is 0.0509. The van der Waals surface area contributed by atoms with E-state index in [1.807, 2.05) is 31.2 Å². The molecule has 0 unspecified atom stereocenters. The second-order valence-electron chi connectivity index (χ2n) is 3.82. The summed E-state index contributed by atoms with van der Waals surface area (Å²) in [6, 6.07) is 7.61. The van der Waals surface area contributed by atoms with Gasteiger partial charge < -0.3 is 15.8 Å². The number of rotatable bonds is 3. The minimum Gasteiger partial charge on any atom is -0.463 e. The lowest BCUT2D eigenvalue weighted by Gasteiger charge is -2.06. The van der Waals surface area contributed by atoms with Gasteiger partial charge in [0, 0.05) is 5.69 Å². The number of benzene rings is 1. The first-order valence-corrected chi connectivity index (χ1v) is 5.52. The molecule has 0 saturated carbocycles. The summed E-state index contributed by atoms with van der Waals surface area (Å²) in [6.45, 7) is 1.99. The van der Waals surface area contributed by atoms with E-state index in [0.717, 1.165) is 11.3 Å². The average molecular weight is 259 g/mol. The van der Waals surface area contributed by atoms with E-state index in [9.17, 15) is 4.79 Å². The number of hydrogen-bond acceptors (Lipinski definition) is 7. The zero-order chi connectivity index (χ0) is 13.8. The number of carbonyl (C=O) groups is 1. The average Bonchev–Trinajstić information content (AvgIpc) is 2.40. The van der Waals surface area contributed by atoms with E-state index < -0.39 is 5.97 Å². The van der Waals surface area contributed by atoms with Crippen LogP contribution >= 0.6 is 0 Å². The zero-order valence-electron chi connectivity index (χ0n) is 10.5. The van der Waals surface area contributed by atoms with Gasteiger partial charge in [-0.2, -0.15) is 15.0 Å². The summed E-state index contributed by atoms with van der Waals surface area (Å²) in [6.07, 6.45) is 0. The molecular formula is C12H13N5O2. The Bertz CT molecular complexity index is 598. The second-order valence-corrected chi connectivity index (χ2v) is 3.82. The van der Waals surface area contributed by atoms with Crippen molar-refractivity contribution in [2.24, 2.45) is 0 Å². The standard InChI is InChI=1S/C12H13N5O2/c1-7-3-5-8(6-4-7)14-12-16-9(10(18)19-2)15-11(13)17-12/h3-6H,1-2H3,(H3,13,14,15,16,17). The van der Waals surface area contributed by atoms with Gasteiger partial charge in [0.15, 0.2) is 0 Å². The number of nitrogens with one attached hydrogen (secondary N) is 1. The molecule has 2 rings (SSSR count). The highest BCUT2D eigenvalue weighted by Gasteiger charge is 2.12. The third-order valence-electron chi connectivity index (χ3n) is 2.33. The highest BCUT2D eigenvalue weighted by atomic mass is 16.5. The monoisotopic (exact) mass is 259 g/mol. The fourth-order valence-electron chi connectivity index (χ4n) is 1.40. The Labute approximate surface area is 109 Å². The normalized spacial score (nSPS) is 10.0. The van der Waals surface area contributed by atoms with Gasteiger partial charge in [-0.25, -0.2) is 4.79 Å². The molecule has 1 aromatic carbocycles. The number of anilines is 3. The van der Waals surface area contributed by atoms with Gasteiger partial charge in [0.1, 0.15) is 0 Å². The maximum Gasteiger partial charge on any atom is 0.376 e. The summed E-state index contributed by atoms with van der Waals surface area (Å²) in [5.41, 5.74) is 7.44. The van der Waals surface area contributed by atoms with E-state index in [-0.39, 0.29) is 17.7 Å². The zero-order valence-corrected chi connectivity index (χ0v) is 10.5. The van der Waals surface area contributed by atoms with Gasteiger partial charge >= 0.3 is 5.97 Å². The lowest BCUT2D eigenvalue weighted by Crippen LogP contribution is -2.12. The Kier molecular flexibility index (Phi) is 3.56. The van der Waals surface area contributed by atoms with Crippen LogP contribution in [0.3, 0.4) is 0 Å². The molecule has 0 spiro atoms. The van der Waals surface area contributed by atoms with E-state index >= 15 is 0 Å². The van der Waals surface area contributed by atoms with E-state index in [0.29, 0.717) is 0 Å². The maximum absolute atomic E-state index is 11.4. The van der Waals surface area contributed by atoms with Crippen LogP contribution in [-0.2, 0) is 4.74 Å². The first-order valence-electron chi connectivity index (χ1n) is 5.52.